The number of nitrogens with two attached hydrogens (primary N) is 1. The quantitative estimate of drug-likeness (QED) is 0.877. The number of halogens is 1. The van der Waals surface area contributed by atoms with E-state index in [1.54, 1.807) is 11.3 Å². The molecule has 0 amide bonds. The summed E-state index contributed by atoms with van der Waals surface area (Å²) in [4.78, 5) is 1.29. The van der Waals surface area contributed by atoms with Crippen LogP contribution >= 0.6 is 22.9 Å². The summed E-state index contributed by atoms with van der Waals surface area (Å²) < 4.78 is 0.841. The van der Waals surface area contributed by atoms with Crippen LogP contribution in [-0.2, 0) is 0 Å². The van der Waals surface area contributed by atoms with Crippen LogP contribution in [0.5, 0.6) is 0 Å². The van der Waals surface area contributed by atoms with Gasteiger partial charge in [-0.25, -0.2) is 0 Å². The van der Waals surface area contributed by atoms with Gasteiger partial charge in [-0.15, -0.1) is 11.3 Å². The van der Waals surface area contributed by atoms with Gasteiger partial charge in [-0.05, 0) is 30.7 Å². The average Bonchev–Trinajstić information content (AvgIpc) is 2.74. The fourth-order valence-corrected chi connectivity index (χ4v) is 3.06. The lowest BCUT2D eigenvalue weighted by Crippen LogP contribution is -2.07. The van der Waals surface area contributed by atoms with Gasteiger partial charge in [0.1, 0.15) is 0 Å². The SMILES string of the molecule is NCCC(c1ccccc1)c1ccc(Cl)s1. The highest BCUT2D eigenvalue weighted by Gasteiger charge is 2.14. The molecule has 0 radical (unpaired) electrons. The molecule has 0 aliphatic rings. The third kappa shape index (κ3) is 2.64. The van der Waals surface area contributed by atoms with E-state index in [1.165, 1.54) is 10.4 Å². The topological polar surface area (TPSA) is 26.0 Å². The van der Waals surface area contributed by atoms with E-state index in [4.69, 9.17) is 17.3 Å². The maximum atomic E-state index is 5.98. The second-order valence-electron chi connectivity index (χ2n) is 3.68. The molecule has 0 saturated heterocycles. The van der Waals surface area contributed by atoms with Gasteiger partial charge in [0.05, 0.1) is 4.34 Å². The first-order chi connectivity index (χ1) is 7.81. The van der Waals surface area contributed by atoms with Crippen molar-refractivity contribution in [3.05, 3.63) is 57.2 Å². The van der Waals surface area contributed by atoms with Crippen molar-refractivity contribution in [2.75, 3.05) is 6.54 Å². The van der Waals surface area contributed by atoms with E-state index >= 15 is 0 Å². The molecule has 1 aromatic carbocycles. The lowest BCUT2D eigenvalue weighted by Gasteiger charge is -2.14. The molecule has 2 rings (SSSR count). The van der Waals surface area contributed by atoms with E-state index in [1.807, 2.05) is 12.1 Å². The summed E-state index contributed by atoms with van der Waals surface area (Å²) in [6.45, 7) is 0.690. The highest BCUT2D eigenvalue weighted by Crippen LogP contribution is 2.34. The Morgan fingerprint density at radius 3 is 2.44 bits per heavy atom. The third-order valence-electron chi connectivity index (χ3n) is 2.59. The van der Waals surface area contributed by atoms with Gasteiger partial charge < -0.3 is 5.73 Å². The monoisotopic (exact) mass is 251 g/mol. The van der Waals surface area contributed by atoms with Crippen LogP contribution in [0.1, 0.15) is 22.8 Å². The Balaban J connectivity index is 2.31. The molecule has 0 aliphatic heterocycles. The first-order valence-corrected chi connectivity index (χ1v) is 6.51. The van der Waals surface area contributed by atoms with Crippen LogP contribution in [0.4, 0.5) is 0 Å². The molecule has 0 spiro atoms. The molecule has 1 unspecified atom stereocenters. The first-order valence-electron chi connectivity index (χ1n) is 5.31. The molecular formula is C13H14ClNS. The van der Waals surface area contributed by atoms with Gasteiger partial charge in [0.15, 0.2) is 0 Å². The Bertz CT molecular complexity index is 438. The molecule has 1 aromatic heterocycles. The fraction of sp³-hybridized carbons (Fsp3) is 0.231. The minimum Gasteiger partial charge on any atom is -0.330 e. The third-order valence-corrected chi connectivity index (χ3v) is 3.94. The van der Waals surface area contributed by atoms with E-state index in [2.05, 4.69) is 30.3 Å². The van der Waals surface area contributed by atoms with E-state index < -0.39 is 0 Å². The van der Waals surface area contributed by atoms with Gasteiger partial charge in [-0.1, -0.05) is 41.9 Å². The Kier molecular flexibility index (Phi) is 3.99. The van der Waals surface area contributed by atoms with Crippen LogP contribution in [0.3, 0.4) is 0 Å². The molecule has 1 atom stereocenters. The lowest BCUT2D eigenvalue weighted by atomic mass is 9.94. The molecule has 84 valence electrons. The molecular weight excluding hydrogens is 238 g/mol. The van der Waals surface area contributed by atoms with Gasteiger partial charge in [0.25, 0.3) is 0 Å². The van der Waals surface area contributed by atoms with Crippen molar-refractivity contribution in [1.82, 2.24) is 0 Å². The number of thiophene rings is 1. The van der Waals surface area contributed by atoms with Crippen molar-refractivity contribution in [3.63, 3.8) is 0 Å². The van der Waals surface area contributed by atoms with Gasteiger partial charge in [0, 0.05) is 10.8 Å². The first kappa shape index (κ1) is 11.6. The van der Waals surface area contributed by atoms with Crippen LogP contribution in [0.2, 0.25) is 4.34 Å². The largest absolute Gasteiger partial charge is 0.330 e. The van der Waals surface area contributed by atoms with Crippen molar-refractivity contribution >= 4 is 22.9 Å². The predicted octanol–water partition coefficient (Wildman–Crippen LogP) is 3.88. The maximum absolute atomic E-state index is 5.98. The highest BCUT2D eigenvalue weighted by atomic mass is 35.5. The molecule has 0 fully saturated rings. The van der Waals surface area contributed by atoms with Crippen LogP contribution in [0.25, 0.3) is 0 Å². The van der Waals surface area contributed by atoms with Crippen LogP contribution in [0.15, 0.2) is 42.5 Å². The van der Waals surface area contributed by atoms with Crippen molar-refractivity contribution in [1.29, 1.82) is 0 Å². The summed E-state index contributed by atoms with van der Waals surface area (Å²) in [5, 5.41) is 0. The zero-order valence-corrected chi connectivity index (χ0v) is 10.5. The maximum Gasteiger partial charge on any atom is 0.0931 e. The zero-order chi connectivity index (χ0) is 11.4. The fourth-order valence-electron chi connectivity index (χ4n) is 1.84. The van der Waals surface area contributed by atoms with Gasteiger partial charge in [-0.3, -0.25) is 0 Å². The molecule has 3 heteroatoms. The second-order valence-corrected chi connectivity index (χ2v) is 5.43. The number of hydrogen-bond donors (Lipinski definition) is 1. The Hall–Kier alpha value is -0.830. The minimum atomic E-state index is 0.378. The molecule has 1 nitrogen and oxygen atoms in total. The van der Waals surface area contributed by atoms with Crippen LogP contribution < -0.4 is 5.73 Å². The van der Waals surface area contributed by atoms with E-state index in [-0.39, 0.29) is 0 Å². The standard InChI is InChI=1S/C13H14ClNS/c14-13-7-6-12(16-13)11(8-9-15)10-4-2-1-3-5-10/h1-7,11H,8-9,15H2. The average molecular weight is 252 g/mol. The summed E-state index contributed by atoms with van der Waals surface area (Å²) in [6.07, 6.45) is 0.959. The van der Waals surface area contributed by atoms with Crippen molar-refractivity contribution in [2.45, 2.75) is 12.3 Å². The molecule has 2 N–H and O–H groups in total. The van der Waals surface area contributed by atoms with Gasteiger partial charge in [0.2, 0.25) is 0 Å². The number of rotatable bonds is 4. The smallest absolute Gasteiger partial charge is 0.0931 e. The molecule has 0 aliphatic carbocycles. The normalized spacial score (nSPS) is 12.6. The van der Waals surface area contributed by atoms with Gasteiger partial charge >= 0.3 is 0 Å². The summed E-state index contributed by atoms with van der Waals surface area (Å²) in [5.41, 5.74) is 6.99. The Labute approximate surface area is 105 Å². The van der Waals surface area contributed by atoms with Crippen LogP contribution in [-0.4, -0.2) is 6.54 Å². The minimum absolute atomic E-state index is 0.378. The Morgan fingerprint density at radius 2 is 1.88 bits per heavy atom. The molecule has 2 aromatic rings. The number of benzene rings is 1. The Morgan fingerprint density at radius 1 is 1.12 bits per heavy atom. The molecule has 0 bridgehead atoms. The van der Waals surface area contributed by atoms with E-state index in [0.29, 0.717) is 12.5 Å². The lowest BCUT2D eigenvalue weighted by molar-refractivity contribution is 0.737. The molecule has 0 saturated carbocycles. The summed E-state index contributed by atoms with van der Waals surface area (Å²) >= 11 is 7.62. The van der Waals surface area contributed by atoms with E-state index in [9.17, 15) is 0 Å². The van der Waals surface area contributed by atoms with Crippen molar-refractivity contribution in [3.8, 4) is 0 Å². The van der Waals surface area contributed by atoms with E-state index in [0.717, 1.165) is 10.8 Å². The second kappa shape index (κ2) is 5.48. The number of hydrogen-bond acceptors (Lipinski definition) is 2. The molecule has 1 heterocycles. The highest BCUT2D eigenvalue weighted by molar-refractivity contribution is 7.16. The predicted molar refractivity (Wildman–Crippen MR) is 71.3 cm³/mol. The summed E-state index contributed by atoms with van der Waals surface area (Å²) in [6, 6.07) is 14.5. The van der Waals surface area contributed by atoms with Crippen LogP contribution in [0, 0.1) is 0 Å². The van der Waals surface area contributed by atoms with Crippen molar-refractivity contribution < 1.29 is 0 Å². The van der Waals surface area contributed by atoms with Gasteiger partial charge in [-0.2, -0.15) is 0 Å². The zero-order valence-electron chi connectivity index (χ0n) is 8.90. The van der Waals surface area contributed by atoms with Crippen molar-refractivity contribution in [2.24, 2.45) is 5.73 Å². The summed E-state index contributed by atoms with van der Waals surface area (Å²) in [7, 11) is 0. The molecule has 16 heavy (non-hydrogen) atoms. The summed E-state index contributed by atoms with van der Waals surface area (Å²) in [5.74, 6) is 0.378.